The largest absolute Gasteiger partial charge is 0.440 e. The number of benzene rings is 1. The molecule has 2 heterocycles. The molecule has 0 N–H and O–H groups in total. The molecule has 2 atom stereocenters. The predicted octanol–water partition coefficient (Wildman–Crippen LogP) is 6.16. The van der Waals surface area contributed by atoms with E-state index in [2.05, 4.69) is 15.0 Å². The number of pyridine rings is 1. The minimum atomic E-state index is -1.22. The first-order chi connectivity index (χ1) is 16.1. The van der Waals surface area contributed by atoms with Crippen LogP contribution in [-0.2, 0) is 14.9 Å². The third-order valence-corrected chi connectivity index (χ3v) is 5.33. The molecule has 0 aliphatic heterocycles. The van der Waals surface area contributed by atoms with Gasteiger partial charge in [0.1, 0.15) is 22.8 Å². The van der Waals surface area contributed by atoms with Crippen molar-refractivity contribution in [2.75, 3.05) is 0 Å². The molecule has 0 amide bonds. The summed E-state index contributed by atoms with van der Waals surface area (Å²) in [6.45, 7) is 9.67. The standard InChI is InChI=1S/C26H27ClN4O3/c1-16(2)22(18-15-29-25(26(3,4)5)31-23(18)27)24(32)34-20(14-28)19-12-9-13-21(30-19)33-17-10-7-6-8-11-17/h6-13,15-16,20,22H,1-5H3. The highest BCUT2D eigenvalue weighted by Crippen LogP contribution is 2.33. The third kappa shape index (κ3) is 6.09. The summed E-state index contributed by atoms with van der Waals surface area (Å²) in [6, 6.07) is 16.1. The third-order valence-electron chi connectivity index (χ3n) is 5.03. The van der Waals surface area contributed by atoms with E-state index in [0.29, 0.717) is 17.1 Å². The summed E-state index contributed by atoms with van der Waals surface area (Å²) in [5.41, 5.74) is 0.429. The van der Waals surface area contributed by atoms with Crippen LogP contribution in [0.3, 0.4) is 0 Å². The molecule has 176 valence electrons. The Kier molecular flexibility index (Phi) is 7.85. The molecule has 0 fully saturated rings. The van der Waals surface area contributed by atoms with Crippen molar-refractivity contribution in [3.63, 3.8) is 0 Å². The van der Waals surface area contributed by atoms with Crippen LogP contribution in [0.15, 0.2) is 54.7 Å². The van der Waals surface area contributed by atoms with Crippen molar-refractivity contribution >= 4 is 17.6 Å². The van der Waals surface area contributed by atoms with Crippen LogP contribution < -0.4 is 4.74 Å². The van der Waals surface area contributed by atoms with Crippen LogP contribution in [0.2, 0.25) is 5.15 Å². The lowest BCUT2D eigenvalue weighted by Crippen LogP contribution is -2.25. The molecule has 34 heavy (non-hydrogen) atoms. The van der Waals surface area contributed by atoms with Gasteiger partial charge in [0.25, 0.3) is 0 Å². The molecule has 0 spiro atoms. The number of hydrogen-bond acceptors (Lipinski definition) is 7. The number of carbonyl (C=O) groups is 1. The number of nitrogens with zero attached hydrogens (tertiary/aromatic N) is 4. The number of aromatic nitrogens is 3. The van der Waals surface area contributed by atoms with Gasteiger partial charge < -0.3 is 9.47 Å². The van der Waals surface area contributed by atoms with Crippen LogP contribution in [0.5, 0.6) is 11.6 Å². The molecule has 3 rings (SSSR count). The second-order valence-electron chi connectivity index (χ2n) is 9.17. The number of rotatable bonds is 7. The van der Waals surface area contributed by atoms with Crippen molar-refractivity contribution in [1.82, 2.24) is 15.0 Å². The summed E-state index contributed by atoms with van der Waals surface area (Å²) in [5.74, 6) is -0.0612. The van der Waals surface area contributed by atoms with E-state index in [4.69, 9.17) is 21.1 Å². The molecule has 0 radical (unpaired) electrons. The van der Waals surface area contributed by atoms with Crippen molar-refractivity contribution in [2.24, 2.45) is 5.92 Å². The summed E-state index contributed by atoms with van der Waals surface area (Å²) < 4.78 is 11.3. The molecule has 0 bridgehead atoms. The Morgan fingerprint density at radius 1 is 1.06 bits per heavy atom. The maximum absolute atomic E-state index is 13.2. The van der Waals surface area contributed by atoms with Crippen molar-refractivity contribution in [3.05, 3.63) is 77.0 Å². The monoisotopic (exact) mass is 478 g/mol. The zero-order valence-electron chi connectivity index (χ0n) is 19.8. The van der Waals surface area contributed by atoms with Gasteiger partial charge in [0.15, 0.2) is 0 Å². The average molecular weight is 479 g/mol. The number of hydrogen-bond donors (Lipinski definition) is 0. The fourth-order valence-electron chi connectivity index (χ4n) is 3.28. The first-order valence-corrected chi connectivity index (χ1v) is 11.3. The Bertz CT molecular complexity index is 1190. The number of halogens is 1. The highest BCUT2D eigenvalue weighted by Gasteiger charge is 2.32. The molecule has 7 nitrogen and oxygen atoms in total. The van der Waals surface area contributed by atoms with E-state index < -0.39 is 18.0 Å². The number of para-hydroxylation sites is 1. The molecule has 1 aromatic carbocycles. The van der Waals surface area contributed by atoms with E-state index in [9.17, 15) is 10.1 Å². The van der Waals surface area contributed by atoms with Crippen molar-refractivity contribution < 1.29 is 14.3 Å². The predicted molar refractivity (Wildman–Crippen MR) is 129 cm³/mol. The number of nitriles is 1. The summed E-state index contributed by atoms with van der Waals surface area (Å²) in [5, 5.41) is 9.92. The van der Waals surface area contributed by atoms with E-state index in [-0.39, 0.29) is 28.1 Å². The van der Waals surface area contributed by atoms with Crippen molar-refractivity contribution in [2.45, 2.75) is 52.1 Å². The Hall–Kier alpha value is -3.50. The maximum Gasteiger partial charge on any atom is 0.315 e. The zero-order chi connectivity index (χ0) is 24.9. The minimum absolute atomic E-state index is 0.172. The Labute approximate surface area is 204 Å². The number of carbonyl (C=O) groups excluding carboxylic acids is 1. The molecule has 3 aromatic rings. The Morgan fingerprint density at radius 3 is 2.35 bits per heavy atom. The van der Waals surface area contributed by atoms with Gasteiger partial charge in [0.05, 0.1) is 11.6 Å². The highest BCUT2D eigenvalue weighted by molar-refractivity contribution is 6.30. The van der Waals surface area contributed by atoms with Gasteiger partial charge in [-0.3, -0.25) is 4.79 Å². The van der Waals surface area contributed by atoms with Crippen LogP contribution in [0.4, 0.5) is 0 Å². The Morgan fingerprint density at radius 2 is 1.76 bits per heavy atom. The highest BCUT2D eigenvalue weighted by atomic mass is 35.5. The summed E-state index contributed by atoms with van der Waals surface area (Å²) in [6.07, 6.45) is 0.345. The fourth-order valence-corrected chi connectivity index (χ4v) is 3.53. The fraction of sp³-hybridized carbons (Fsp3) is 0.346. The van der Waals surface area contributed by atoms with Crippen LogP contribution in [0.25, 0.3) is 0 Å². The summed E-state index contributed by atoms with van der Waals surface area (Å²) in [7, 11) is 0. The molecule has 0 aliphatic carbocycles. The first kappa shape index (κ1) is 25.1. The molecule has 0 saturated carbocycles. The van der Waals surface area contributed by atoms with Crippen molar-refractivity contribution in [1.29, 1.82) is 5.26 Å². The van der Waals surface area contributed by atoms with Gasteiger partial charge in [-0.15, -0.1) is 0 Å². The van der Waals surface area contributed by atoms with E-state index in [0.717, 1.165) is 0 Å². The second kappa shape index (κ2) is 10.6. The summed E-state index contributed by atoms with van der Waals surface area (Å²) >= 11 is 6.45. The molecule has 2 unspecified atom stereocenters. The van der Waals surface area contributed by atoms with Crippen LogP contribution in [0, 0.1) is 17.2 Å². The first-order valence-electron chi connectivity index (χ1n) is 10.9. The topological polar surface area (TPSA) is 98.0 Å². The van der Waals surface area contributed by atoms with Gasteiger partial charge in [-0.05, 0) is 24.1 Å². The lowest BCUT2D eigenvalue weighted by molar-refractivity contribution is -0.150. The quantitative estimate of drug-likeness (QED) is 0.296. The van der Waals surface area contributed by atoms with Gasteiger partial charge in [0, 0.05) is 23.2 Å². The molecule has 2 aromatic heterocycles. The van der Waals surface area contributed by atoms with E-state index in [1.807, 2.05) is 58.9 Å². The van der Waals surface area contributed by atoms with Gasteiger partial charge in [-0.2, -0.15) is 5.26 Å². The van der Waals surface area contributed by atoms with Crippen molar-refractivity contribution in [3.8, 4) is 17.7 Å². The smallest absolute Gasteiger partial charge is 0.315 e. The zero-order valence-corrected chi connectivity index (χ0v) is 20.6. The minimum Gasteiger partial charge on any atom is -0.440 e. The SMILES string of the molecule is CC(C)C(C(=O)OC(C#N)c1cccc(Oc2ccccc2)n1)c1cnc(C(C)(C)C)nc1Cl. The molecular weight excluding hydrogens is 452 g/mol. The number of ether oxygens (including phenoxy) is 2. The normalized spacial score (nSPS) is 13.1. The summed E-state index contributed by atoms with van der Waals surface area (Å²) in [4.78, 5) is 26.3. The van der Waals surface area contributed by atoms with Crippen LogP contribution >= 0.6 is 11.6 Å². The van der Waals surface area contributed by atoms with Gasteiger partial charge in [-0.1, -0.05) is 70.5 Å². The van der Waals surface area contributed by atoms with Gasteiger partial charge >= 0.3 is 5.97 Å². The molecule has 8 heteroatoms. The van der Waals surface area contributed by atoms with Gasteiger partial charge in [0.2, 0.25) is 12.0 Å². The average Bonchev–Trinajstić information content (AvgIpc) is 2.78. The van der Waals surface area contributed by atoms with Crippen LogP contribution in [-0.4, -0.2) is 20.9 Å². The lowest BCUT2D eigenvalue weighted by Gasteiger charge is -2.23. The number of esters is 1. The lowest BCUT2D eigenvalue weighted by atomic mass is 9.89. The molecule has 0 aliphatic rings. The maximum atomic E-state index is 13.2. The van der Waals surface area contributed by atoms with E-state index in [1.165, 1.54) is 0 Å². The van der Waals surface area contributed by atoms with Crippen LogP contribution in [0.1, 0.15) is 63.7 Å². The van der Waals surface area contributed by atoms with E-state index >= 15 is 0 Å². The van der Waals surface area contributed by atoms with Gasteiger partial charge in [-0.25, -0.2) is 15.0 Å². The van der Waals surface area contributed by atoms with E-state index in [1.54, 1.807) is 36.5 Å². The molecule has 0 saturated heterocycles. The molecular formula is C26H27ClN4O3. The Balaban J connectivity index is 1.83. The second-order valence-corrected chi connectivity index (χ2v) is 9.53.